The van der Waals surface area contributed by atoms with E-state index in [2.05, 4.69) is 24.3 Å². The zero-order chi connectivity index (χ0) is 15.4. The fourth-order valence-electron chi connectivity index (χ4n) is 2.36. The summed E-state index contributed by atoms with van der Waals surface area (Å²) in [7, 11) is 0. The third-order valence-electron chi connectivity index (χ3n) is 3.35. The Balaban J connectivity index is 2.43. The molecular weight excluding hydrogens is 264 g/mol. The average molecular weight is 286 g/mol. The quantitative estimate of drug-likeness (QED) is 0.655. The van der Waals surface area contributed by atoms with E-state index in [1.54, 1.807) is 6.07 Å². The second-order valence-electron chi connectivity index (χ2n) is 5.45. The molecule has 0 aliphatic rings. The van der Waals surface area contributed by atoms with Crippen molar-refractivity contribution >= 4 is 22.5 Å². The van der Waals surface area contributed by atoms with Crippen LogP contribution in [0.1, 0.15) is 31.3 Å². The summed E-state index contributed by atoms with van der Waals surface area (Å²) in [4.78, 5) is 18.9. The lowest BCUT2D eigenvalue weighted by Crippen LogP contribution is -2.34. The molecule has 5 nitrogen and oxygen atoms in total. The first kappa shape index (κ1) is 15.3. The maximum absolute atomic E-state index is 12.6. The summed E-state index contributed by atoms with van der Waals surface area (Å²) in [5.41, 5.74) is 4.55. The summed E-state index contributed by atoms with van der Waals surface area (Å²) < 4.78 is 0. The Morgan fingerprint density at radius 2 is 2.10 bits per heavy atom. The first-order valence-corrected chi connectivity index (χ1v) is 7.22. The van der Waals surface area contributed by atoms with Crippen molar-refractivity contribution < 1.29 is 4.79 Å². The standard InChI is InChI=1S/C16H22N4O/c1-4-20(10-11(2)3)16(21)15-9-14(19-17)12-7-5-6-8-13(12)18-15/h5-9,11H,4,10,17H2,1-3H3,(H,18,19). The molecule has 0 aliphatic heterocycles. The summed E-state index contributed by atoms with van der Waals surface area (Å²) in [5, 5.41) is 0.906. The maximum atomic E-state index is 12.6. The molecule has 0 aliphatic carbocycles. The SMILES string of the molecule is CCN(CC(C)C)C(=O)c1cc(NN)c2ccccc2n1. The van der Waals surface area contributed by atoms with Crippen LogP contribution in [-0.2, 0) is 0 Å². The van der Waals surface area contributed by atoms with Crippen molar-refractivity contribution in [1.29, 1.82) is 0 Å². The number of pyridine rings is 1. The van der Waals surface area contributed by atoms with Gasteiger partial charge < -0.3 is 10.3 Å². The molecule has 1 amide bonds. The summed E-state index contributed by atoms with van der Waals surface area (Å²) in [6.45, 7) is 7.54. The highest BCUT2D eigenvalue weighted by molar-refractivity contribution is 5.99. The number of hydrogen-bond acceptors (Lipinski definition) is 4. The zero-order valence-electron chi connectivity index (χ0n) is 12.8. The number of aromatic nitrogens is 1. The second-order valence-corrected chi connectivity index (χ2v) is 5.45. The van der Waals surface area contributed by atoms with E-state index in [9.17, 15) is 4.79 Å². The number of hydrogen-bond donors (Lipinski definition) is 2. The molecular formula is C16H22N4O. The number of carbonyl (C=O) groups is 1. The first-order chi connectivity index (χ1) is 10.1. The van der Waals surface area contributed by atoms with Crippen LogP contribution < -0.4 is 11.3 Å². The van der Waals surface area contributed by atoms with Crippen molar-refractivity contribution in [2.45, 2.75) is 20.8 Å². The molecule has 112 valence electrons. The number of para-hydroxylation sites is 1. The van der Waals surface area contributed by atoms with Crippen LogP contribution in [-0.4, -0.2) is 28.9 Å². The van der Waals surface area contributed by atoms with Crippen LogP contribution in [0.4, 0.5) is 5.69 Å². The van der Waals surface area contributed by atoms with Gasteiger partial charge in [-0.1, -0.05) is 32.0 Å². The van der Waals surface area contributed by atoms with Crippen molar-refractivity contribution in [3.8, 4) is 0 Å². The van der Waals surface area contributed by atoms with Gasteiger partial charge in [0.05, 0.1) is 11.2 Å². The number of rotatable bonds is 5. The molecule has 5 heteroatoms. The number of nitrogens with two attached hydrogens (primary N) is 1. The number of hydrazine groups is 1. The number of nitrogens with one attached hydrogen (secondary N) is 1. The maximum Gasteiger partial charge on any atom is 0.272 e. The Bertz CT molecular complexity index is 639. The van der Waals surface area contributed by atoms with Gasteiger partial charge in [-0.15, -0.1) is 0 Å². The van der Waals surface area contributed by atoms with E-state index < -0.39 is 0 Å². The van der Waals surface area contributed by atoms with Crippen LogP contribution in [0, 0.1) is 5.92 Å². The molecule has 0 saturated carbocycles. The molecule has 1 heterocycles. The Morgan fingerprint density at radius 3 is 2.71 bits per heavy atom. The molecule has 1 aromatic carbocycles. The molecule has 21 heavy (non-hydrogen) atoms. The van der Waals surface area contributed by atoms with Gasteiger partial charge in [0.15, 0.2) is 0 Å². The molecule has 3 N–H and O–H groups in total. The predicted octanol–water partition coefficient (Wildman–Crippen LogP) is 2.64. The zero-order valence-corrected chi connectivity index (χ0v) is 12.8. The van der Waals surface area contributed by atoms with Crippen LogP contribution >= 0.6 is 0 Å². The van der Waals surface area contributed by atoms with Gasteiger partial charge in [-0.05, 0) is 25.0 Å². The summed E-state index contributed by atoms with van der Waals surface area (Å²) in [6, 6.07) is 9.34. The number of benzene rings is 1. The fraction of sp³-hybridized carbons (Fsp3) is 0.375. The number of anilines is 1. The fourth-order valence-corrected chi connectivity index (χ4v) is 2.36. The van der Waals surface area contributed by atoms with Crippen molar-refractivity contribution in [1.82, 2.24) is 9.88 Å². The van der Waals surface area contributed by atoms with Gasteiger partial charge in [0.25, 0.3) is 5.91 Å². The lowest BCUT2D eigenvalue weighted by atomic mass is 10.1. The van der Waals surface area contributed by atoms with Crippen LogP contribution in [0.2, 0.25) is 0 Å². The molecule has 0 bridgehead atoms. The average Bonchev–Trinajstić information content (AvgIpc) is 2.50. The van der Waals surface area contributed by atoms with Gasteiger partial charge in [-0.25, -0.2) is 4.98 Å². The summed E-state index contributed by atoms with van der Waals surface area (Å²) in [5.74, 6) is 5.93. The minimum Gasteiger partial charge on any atom is -0.337 e. The molecule has 2 aromatic rings. The third-order valence-corrected chi connectivity index (χ3v) is 3.35. The molecule has 1 aromatic heterocycles. The molecule has 0 unspecified atom stereocenters. The van der Waals surface area contributed by atoms with Gasteiger partial charge in [0.2, 0.25) is 0 Å². The third kappa shape index (κ3) is 3.31. The topological polar surface area (TPSA) is 71.2 Å². The highest BCUT2D eigenvalue weighted by Gasteiger charge is 2.18. The van der Waals surface area contributed by atoms with E-state index in [1.165, 1.54) is 0 Å². The number of carbonyl (C=O) groups excluding carboxylic acids is 1. The van der Waals surface area contributed by atoms with Crippen molar-refractivity contribution in [3.05, 3.63) is 36.0 Å². The van der Waals surface area contributed by atoms with Crippen molar-refractivity contribution in [2.75, 3.05) is 18.5 Å². The van der Waals surface area contributed by atoms with Gasteiger partial charge in [0.1, 0.15) is 5.69 Å². The number of nitrogen functional groups attached to an aromatic ring is 1. The molecule has 0 saturated heterocycles. The largest absolute Gasteiger partial charge is 0.337 e. The molecule has 0 spiro atoms. The summed E-state index contributed by atoms with van der Waals surface area (Å²) in [6.07, 6.45) is 0. The normalized spacial score (nSPS) is 10.9. The Labute approximate surface area is 125 Å². The van der Waals surface area contributed by atoms with E-state index in [-0.39, 0.29) is 5.91 Å². The Hall–Kier alpha value is -2.14. The number of amides is 1. The van der Waals surface area contributed by atoms with Crippen LogP contribution in [0.3, 0.4) is 0 Å². The first-order valence-electron chi connectivity index (χ1n) is 7.22. The van der Waals surface area contributed by atoms with Crippen LogP contribution in [0.25, 0.3) is 10.9 Å². The highest BCUT2D eigenvalue weighted by Crippen LogP contribution is 2.23. The van der Waals surface area contributed by atoms with Gasteiger partial charge in [-0.3, -0.25) is 10.6 Å². The lowest BCUT2D eigenvalue weighted by molar-refractivity contribution is 0.0740. The summed E-state index contributed by atoms with van der Waals surface area (Å²) >= 11 is 0. The van der Waals surface area contributed by atoms with Crippen molar-refractivity contribution in [3.63, 3.8) is 0 Å². The Kier molecular flexibility index (Phi) is 4.75. The van der Waals surface area contributed by atoms with E-state index in [4.69, 9.17) is 5.84 Å². The van der Waals surface area contributed by atoms with E-state index >= 15 is 0 Å². The second kappa shape index (κ2) is 6.54. The Morgan fingerprint density at radius 1 is 1.38 bits per heavy atom. The van der Waals surface area contributed by atoms with E-state index in [0.717, 1.165) is 17.4 Å². The molecule has 0 radical (unpaired) electrons. The highest BCUT2D eigenvalue weighted by atomic mass is 16.2. The molecule has 2 rings (SSSR count). The monoisotopic (exact) mass is 286 g/mol. The predicted molar refractivity (Wildman–Crippen MR) is 86.0 cm³/mol. The van der Waals surface area contributed by atoms with Gasteiger partial charge in [0, 0.05) is 18.5 Å². The van der Waals surface area contributed by atoms with E-state index in [1.807, 2.05) is 36.1 Å². The van der Waals surface area contributed by atoms with Crippen LogP contribution in [0.5, 0.6) is 0 Å². The minimum atomic E-state index is -0.0616. The van der Waals surface area contributed by atoms with Gasteiger partial charge in [-0.2, -0.15) is 0 Å². The smallest absolute Gasteiger partial charge is 0.272 e. The number of fused-ring (bicyclic) bond motifs is 1. The van der Waals surface area contributed by atoms with Gasteiger partial charge >= 0.3 is 0 Å². The van der Waals surface area contributed by atoms with E-state index in [0.29, 0.717) is 23.8 Å². The molecule has 0 fully saturated rings. The van der Waals surface area contributed by atoms with Crippen molar-refractivity contribution in [2.24, 2.45) is 11.8 Å². The lowest BCUT2D eigenvalue weighted by Gasteiger charge is -2.23. The minimum absolute atomic E-state index is 0.0616. The molecule has 0 atom stereocenters. The number of nitrogens with zero attached hydrogens (tertiary/aromatic N) is 2. The van der Waals surface area contributed by atoms with Crippen LogP contribution in [0.15, 0.2) is 30.3 Å².